The number of furan rings is 1. The van der Waals surface area contributed by atoms with Crippen molar-refractivity contribution in [1.82, 2.24) is 0 Å². The number of carboxylic acid groups (broad SMARTS) is 1. The first-order valence-corrected chi connectivity index (χ1v) is 8.12. The number of hydrogen-bond acceptors (Lipinski definition) is 5. The van der Waals surface area contributed by atoms with Gasteiger partial charge in [0, 0.05) is 11.1 Å². The normalized spacial score (nSPS) is 14.9. The van der Waals surface area contributed by atoms with Crippen molar-refractivity contribution in [1.29, 1.82) is 0 Å². The number of oxime groups is 1. The predicted octanol–water partition coefficient (Wildman–Crippen LogP) is 3.99. The molecule has 1 aliphatic heterocycles. The van der Waals surface area contributed by atoms with Crippen LogP contribution < -0.4 is 0 Å². The van der Waals surface area contributed by atoms with Gasteiger partial charge in [-0.15, -0.1) is 0 Å². The minimum absolute atomic E-state index is 0.199. The van der Waals surface area contributed by atoms with Gasteiger partial charge in [-0.25, -0.2) is 9.59 Å². The van der Waals surface area contributed by atoms with Gasteiger partial charge in [0.25, 0.3) is 0 Å². The molecule has 1 N–H and O–H groups in total. The van der Waals surface area contributed by atoms with Gasteiger partial charge in [0.2, 0.25) is 0 Å². The lowest BCUT2D eigenvalue weighted by Gasteiger charge is -2.00. The maximum Gasteiger partial charge on any atom is 0.368 e. The Balaban J connectivity index is 1.64. The van der Waals surface area contributed by atoms with Gasteiger partial charge < -0.3 is 14.4 Å². The van der Waals surface area contributed by atoms with Crippen molar-refractivity contribution >= 4 is 23.7 Å². The molecule has 0 saturated heterocycles. The van der Waals surface area contributed by atoms with Crippen molar-refractivity contribution in [2.45, 2.75) is 0 Å². The molecule has 2 heterocycles. The molecule has 3 aromatic rings. The van der Waals surface area contributed by atoms with Crippen LogP contribution in [0.5, 0.6) is 0 Å². The molecule has 1 aliphatic rings. The van der Waals surface area contributed by atoms with E-state index in [0.717, 1.165) is 11.1 Å². The molecule has 4 rings (SSSR count). The topological polar surface area (TPSA) is 89.1 Å². The Hall–Kier alpha value is -3.93. The van der Waals surface area contributed by atoms with Crippen LogP contribution in [-0.4, -0.2) is 22.8 Å². The fourth-order valence-corrected chi connectivity index (χ4v) is 2.72. The number of carbonyl (C=O) groups excluding carboxylic acids is 1. The van der Waals surface area contributed by atoms with Crippen LogP contribution in [0, 0.1) is 0 Å². The van der Waals surface area contributed by atoms with Gasteiger partial charge in [0.05, 0.1) is 11.1 Å². The van der Waals surface area contributed by atoms with Gasteiger partial charge >= 0.3 is 11.9 Å². The van der Waals surface area contributed by atoms with Crippen LogP contribution in [0.15, 0.2) is 81.9 Å². The molecule has 0 fully saturated rings. The second-order valence-electron chi connectivity index (χ2n) is 5.83. The van der Waals surface area contributed by atoms with Crippen molar-refractivity contribution in [3.63, 3.8) is 0 Å². The van der Waals surface area contributed by atoms with Crippen LogP contribution in [-0.2, 0) is 9.63 Å². The van der Waals surface area contributed by atoms with E-state index in [1.807, 2.05) is 30.3 Å². The molecule has 0 radical (unpaired) electrons. The Kier molecular flexibility index (Phi) is 4.14. The third-order valence-electron chi connectivity index (χ3n) is 4.07. The van der Waals surface area contributed by atoms with E-state index in [2.05, 4.69) is 5.16 Å². The maximum atomic E-state index is 12.0. The molecule has 132 valence electrons. The summed E-state index contributed by atoms with van der Waals surface area (Å²) in [5, 5.41) is 12.8. The van der Waals surface area contributed by atoms with Gasteiger partial charge in [0.15, 0.2) is 0 Å². The average Bonchev–Trinajstić information content (AvgIpc) is 3.30. The van der Waals surface area contributed by atoms with E-state index in [1.54, 1.807) is 30.3 Å². The highest BCUT2D eigenvalue weighted by molar-refractivity contribution is 6.31. The molecule has 6 heteroatoms. The van der Waals surface area contributed by atoms with Crippen LogP contribution in [0.1, 0.15) is 21.7 Å². The summed E-state index contributed by atoms with van der Waals surface area (Å²) < 4.78 is 5.78. The zero-order chi connectivity index (χ0) is 18.8. The molecular weight excluding hydrogens is 346 g/mol. The SMILES string of the molecule is O=C1ON=C(c2ccccc2)C1=Cc1ccc(-c2ccc(C(=O)O)cc2)o1. The van der Waals surface area contributed by atoms with Crippen LogP contribution in [0.3, 0.4) is 0 Å². The highest BCUT2D eigenvalue weighted by Crippen LogP contribution is 2.26. The van der Waals surface area contributed by atoms with E-state index in [0.29, 0.717) is 22.8 Å². The third kappa shape index (κ3) is 3.28. The summed E-state index contributed by atoms with van der Waals surface area (Å²) in [6.07, 6.45) is 1.58. The number of rotatable bonds is 4. The smallest absolute Gasteiger partial charge is 0.368 e. The first kappa shape index (κ1) is 16.5. The summed E-state index contributed by atoms with van der Waals surface area (Å²) in [5.74, 6) is -0.510. The van der Waals surface area contributed by atoms with Crippen molar-refractivity contribution in [2.75, 3.05) is 0 Å². The quantitative estimate of drug-likeness (QED) is 0.562. The lowest BCUT2D eigenvalue weighted by molar-refractivity contribution is -0.136. The first-order valence-electron chi connectivity index (χ1n) is 8.12. The number of carbonyl (C=O) groups is 2. The maximum absolute atomic E-state index is 12.0. The molecule has 0 saturated carbocycles. The summed E-state index contributed by atoms with van der Waals surface area (Å²) in [4.78, 5) is 27.8. The summed E-state index contributed by atoms with van der Waals surface area (Å²) in [6.45, 7) is 0. The van der Waals surface area contributed by atoms with E-state index < -0.39 is 11.9 Å². The van der Waals surface area contributed by atoms with E-state index in [4.69, 9.17) is 14.4 Å². The molecule has 0 unspecified atom stereocenters. The second kappa shape index (κ2) is 6.76. The molecule has 0 spiro atoms. The highest BCUT2D eigenvalue weighted by atomic mass is 16.7. The molecule has 27 heavy (non-hydrogen) atoms. The largest absolute Gasteiger partial charge is 0.478 e. The van der Waals surface area contributed by atoms with Crippen molar-refractivity contribution in [3.8, 4) is 11.3 Å². The number of aromatic carboxylic acids is 1. The zero-order valence-electron chi connectivity index (χ0n) is 14.0. The Morgan fingerprint density at radius 2 is 1.67 bits per heavy atom. The average molecular weight is 359 g/mol. The Labute approximate surface area is 154 Å². The van der Waals surface area contributed by atoms with Gasteiger partial charge in [0.1, 0.15) is 17.2 Å². The molecule has 6 nitrogen and oxygen atoms in total. The van der Waals surface area contributed by atoms with E-state index in [9.17, 15) is 9.59 Å². The summed E-state index contributed by atoms with van der Waals surface area (Å²) in [7, 11) is 0. The van der Waals surface area contributed by atoms with Gasteiger partial charge in [-0.1, -0.05) is 47.6 Å². The van der Waals surface area contributed by atoms with Crippen LogP contribution >= 0.6 is 0 Å². The highest BCUT2D eigenvalue weighted by Gasteiger charge is 2.27. The molecule has 0 atom stereocenters. The Morgan fingerprint density at radius 3 is 2.37 bits per heavy atom. The summed E-state index contributed by atoms with van der Waals surface area (Å²) >= 11 is 0. The predicted molar refractivity (Wildman–Crippen MR) is 98.2 cm³/mol. The summed E-state index contributed by atoms with van der Waals surface area (Å²) in [6, 6.07) is 19.1. The van der Waals surface area contributed by atoms with E-state index >= 15 is 0 Å². The van der Waals surface area contributed by atoms with Crippen molar-refractivity contribution < 1.29 is 24.0 Å². The lowest BCUT2D eigenvalue weighted by Crippen LogP contribution is -2.06. The minimum Gasteiger partial charge on any atom is -0.478 e. The lowest BCUT2D eigenvalue weighted by atomic mass is 10.0. The van der Waals surface area contributed by atoms with Gasteiger partial charge in [-0.2, -0.15) is 0 Å². The first-order chi connectivity index (χ1) is 13.1. The fraction of sp³-hybridized carbons (Fsp3) is 0. The molecule has 0 aliphatic carbocycles. The molecule has 2 aromatic carbocycles. The number of carboxylic acids is 1. The number of hydrogen-bond donors (Lipinski definition) is 1. The second-order valence-corrected chi connectivity index (χ2v) is 5.83. The zero-order valence-corrected chi connectivity index (χ0v) is 14.0. The standard InChI is InChI=1S/C21H13NO5/c23-20(24)15-8-6-13(7-9-15)18-11-10-16(26-18)12-17-19(22-27-21(17)25)14-4-2-1-3-5-14/h1-12H,(H,23,24). The monoisotopic (exact) mass is 359 g/mol. The minimum atomic E-state index is -0.987. The molecular formula is C21H13NO5. The molecule has 1 aromatic heterocycles. The van der Waals surface area contributed by atoms with Crippen LogP contribution in [0.25, 0.3) is 17.4 Å². The number of nitrogens with zero attached hydrogens (tertiary/aromatic N) is 1. The Bertz CT molecular complexity index is 1080. The fourth-order valence-electron chi connectivity index (χ4n) is 2.72. The van der Waals surface area contributed by atoms with Crippen molar-refractivity contribution in [3.05, 3.63) is 89.2 Å². The van der Waals surface area contributed by atoms with Crippen LogP contribution in [0.2, 0.25) is 0 Å². The Morgan fingerprint density at radius 1 is 0.926 bits per heavy atom. The molecule has 0 bridgehead atoms. The van der Waals surface area contributed by atoms with E-state index in [1.165, 1.54) is 12.1 Å². The van der Waals surface area contributed by atoms with E-state index in [-0.39, 0.29) is 5.56 Å². The van der Waals surface area contributed by atoms with Crippen LogP contribution in [0.4, 0.5) is 0 Å². The van der Waals surface area contributed by atoms with Gasteiger partial charge in [-0.3, -0.25) is 0 Å². The molecule has 0 amide bonds. The number of benzene rings is 2. The summed E-state index contributed by atoms with van der Waals surface area (Å²) in [5.41, 5.74) is 2.46. The van der Waals surface area contributed by atoms with Crippen molar-refractivity contribution in [2.24, 2.45) is 5.16 Å². The third-order valence-corrected chi connectivity index (χ3v) is 4.07. The van der Waals surface area contributed by atoms with Gasteiger partial charge in [-0.05, 0) is 30.3 Å².